The van der Waals surface area contributed by atoms with E-state index in [0.29, 0.717) is 0 Å². The molecule has 0 saturated carbocycles. The first kappa shape index (κ1) is 15.8. The molecule has 4 nitrogen and oxygen atoms in total. The number of carbonyl (C=O) groups is 1. The van der Waals surface area contributed by atoms with Gasteiger partial charge in [0.1, 0.15) is 0 Å². The maximum Gasteiger partial charge on any atom is 0.240 e. The van der Waals surface area contributed by atoms with Gasteiger partial charge in [-0.05, 0) is 33.0 Å². The van der Waals surface area contributed by atoms with Crippen molar-refractivity contribution in [1.82, 2.24) is 15.1 Å². The fraction of sp³-hybridized carbons (Fsp3) is 0.923. The van der Waals surface area contributed by atoms with Crippen LogP contribution in [0.5, 0.6) is 0 Å². The fourth-order valence-corrected chi connectivity index (χ4v) is 3.16. The molecular weight excluding hydrogens is 246 g/mol. The topological polar surface area (TPSA) is 35.6 Å². The Kier molecular flexibility index (Phi) is 7.70. The number of nitrogens with one attached hydrogen (secondary N) is 1. The molecule has 0 aromatic heterocycles. The van der Waals surface area contributed by atoms with Crippen LogP contribution in [0.3, 0.4) is 0 Å². The van der Waals surface area contributed by atoms with Gasteiger partial charge in [-0.2, -0.15) is 0 Å². The molecule has 1 rings (SSSR count). The van der Waals surface area contributed by atoms with Crippen LogP contribution in [0.2, 0.25) is 0 Å². The summed E-state index contributed by atoms with van der Waals surface area (Å²) in [4.78, 5) is 16.6. The van der Waals surface area contributed by atoms with Crippen molar-refractivity contribution in [2.45, 2.75) is 33.2 Å². The Morgan fingerprint density at radius 3 is 2.44 bits per heavy atom. The highest BCUT2D eigenvalue weighted by atomic mass is 32.2. The number of hydrogen-bond donors (Lipinski definition) is 1. The number of nitrogens with zero attached hydrogens (tertiary/aromatic N) is 2. The maximum absolute atomic E-state index is 12.2. The van der Waals surface area contributed by atoms with Gasteiger partial charge in [0.25, 0.3) is 0 Å². The first-order valence-electron chi connectivity index (χ1n) is 7.05. The lowest BCUT2D eigenvalue weighted by molar-refractivity contribution is -0.132. The predicted octanol–water partition coefficient (Wildman–Crippen LogP) is 1.23. The van der Waals surface area contributed by atoms with Crippen molar-refractivity contribution in [3.63, 3.8) is 0 Å². The van der Waals surface area contributed by atoms with Gasteiger partial charge in [0.2, 0.25) is 5.91 Å². The molecule has 0 radical (unpaired) electrons. The summed E-state index contributed by atoms with van der Waals surface area (Å²) in [5, 5.41) is 3.25. The van der Waals surface area contributed by atoms with Crippen molar-refractivity contribution in [3.05, 3.63) is 0 Å². The zero-order chi connectivity index (χ0) is 13.4. The Morgan fingerprint density at radius 1 is 1.22 bits per heavy atom. The quantitative estimate of drug-likeness (QED) is 0.721. The maximum atomic E-state index is 12.2. The van der Waals surface area contributed by atoms with Crippen LogP contribution in [0.4, 0.5) is 0 Å². The number of rotatable bonds is 8. The summed E-state index contributed by atoms with van der Waals surface area (Å²) < 4.78 is 0. The second-order valence-corrected chi connectivity index (χ2v) is 5.60. The average Bonchev–Trinajstić information content (AvgIpc) is 2.92. The minimum absolute atomic E-state index is 0.0448. The number of thioether (sulfide) groups is 1. The normalized spacial score (nSPS) is 19.4. The Labute approximate surface area is 115 Å². The molecule has 0 aliphatic carbocycles. The molecule has 1 aliphatic heterocycles. The third kappa shape index (κ3) is 4.78. The van der Waals surface area contributed by atoms with Gasteiger partial charge in [-0.15, -0.1) is 11.8 Å². The minimum atomic E-state index is 0.0448. The molecular formula is C13H27N3OS. The lowest BCUT2D eigenvalue weighted by Crippen LogP contribution is -2.45. The molecule has 1 atom stereocenters. The molecule has 106 valence electrons. The minimum Gasteiger partial charge on any atom is -0.342 e. The molecule has 1 fully saturated rings. The average molecular weight is 273 g/mol. The lowest BCUT2D eigenvalue weighted by Gasteiger charge is -2.25. The molecule has 1 unspecified atom stereocenters. The summed E-state index contributed by atoms with van der Waals surface area (Å²) in [6.07, 6.45) is 1.07. The highest BCUT2D eigenvalue weighted by Crippen LogP contribution is 2.12. The molecule has 1 saturated heterocycles. The van der Waals surface area contributed by atoms with Crippen LogP contribution < -0.4 is 5.32 Å². The monoisotopic (exact) mass is 273 g/mol. The van der Waals surface area contributed by atoms with Crippen LogP contribution >= 0.6 is 11.8 Å². The molecule has 0 aromatic carbocycles. The summed E-state index contributed by atoms with van der Waals surface area (Å²) in [5.41, 5.74) is 0. The van der Waals surface area contributed by atoms with Crippen LogP contribution in [0, 0.1) is 0 Å². The first-order chi connectivity index (χ1) is 8.72. The van der Waals surface area contributed by atoms with Gasteiger partial charge in [-0.25, -0.2) is 0 Å². The van der Waals surface area contributed by atoms with Crippen LogP contribution in [-0.2, 0) is 4.79 Å². The summed E-state index contributed by atoms with van der Waals surface area (Å²) in [6.45, 7) is 11.4. The number of likely N-dealkylation sites (N-methyl/N-ethyl adjacent to an activating group) is 1. The third-order valence-electron chi connectivity index (χ3n) is 3.50. The lowest BCUT2D eigenvalue weighted by atomic mass is 10.2. The van der Waals surface area contributed by atoms with Gasteiger partial charge >= 0.3 is 0 Å². The van der Waals surface area contributed by atoms with E-state index in [0.717, 1.165) is 50.8 Å². The van der Waals surface area contributed by atoms with Gasteiger partial charge in [0.15, 0.2) is 0 Å². The zero-order valence-corrected chi connectivity index (χ0v) is 12.8. The second-order valence-electron chi connectivity index (χ2n) is 4.57. The van der Waals surface area contributed by atoms with Gasteiger partial charge in [0.05, 0.1) is 6.04 Å². The van der Waals surface area contributed by atoms with Gasteiger partial charge in [0, 0.05) is 24.7 Å². The van der Waals surface area contributed by atoms with Crippen LogP contribution in [0.1, 0.15) is 27.2 Å². The summed E-state index contributed by atoms with van der Waals surface area (Å²) >= 11 is 1.81. The predicted molar refractivity (Wildman–Crippen MR) is 78.9 cm³/mol. The molecule has 1 amide bonds. The van der Waals surface area contributed by atoms with E-state index in [1.165, 1.54) is 0 Å². The Bertz CT molecular complexity index is 240. The third-order valence-corrected chi connectivity index (χ3v) is 4.44. The highest BCUT2D eigenvalue weighted by Gasteiger charge is 2.26. The van der Waals surface area contributed by atoms with Crippen LogP contribution in [-0.4, -0.2) is 66.1 Å². The van der Waals surface area contributed by atoms with Crippen LogP contribution in [0.25, 0.3) is 0 Å². The second kappa shape index (κ2) is 8.77. The van der Waals surface area contributed by atoms with E-state index in [9.17, 15) is 4.79 Å². The summed E-state index contributed by atoms with van der Waals surface area (Å²) in [6, 6.07) is 0.0448. The Balaban J connectivity index is 2.30. The van der Waals surface area contributed by atoms with E-state index in [2.05, 4.69) is 31.0 Å². The Morgan fingerprint density at radius 2 is 1.94 bits per heavy atom. The smallest absolute Gasteiger partial charge is 0.240 e. The standard InChI is InChI=1S/C13H27N3OS/c1-4-15(5-2)8-7-9-16(6-3)13(17)12-10-18-11-14-12/h12,14H,4-11H2,1-3H3. The summed E-state index contributed by atoms with van der Waals surface area (Å²) in [5.74, 6) is 2.11. The number of amides is 1. The van der Waals surface area contributed by atoms with E-state index >= 15 is 0 Å². The molecule has 1 heterocycles. The molecule has 0 spiro atoms. The molecule has 5 heteroatoms. The van der Waals surface area contributed by atoms with E-state index in [-0.39, 0.29) is 11.9 Å². The van der Waals surface area contributed by atoms with Crippen molar-refractivity contribution in [3.8, 4) is 0 Å². The van der Waals surface area contributed by atoms with Crippen molar-refractivity contribution in [2.75, 3.05) is 44.4 Å². The highest BCUT2D eigenvalue weighted by molar-refractivity contribution is 7.99. The number of hydrogen-bond acceptors (Lipinski definition) is 4. The van der Waals surface area contributed by atoms with Crippen molar-refractivity contribution < 1.29 is 4.79 Å². The van der Waals surface area contributed by atoms with E-state index in [1.807, 2.05) is 16.7 Å². The molecule has 0 aromatic rings. The largest absolute Gasteiger partial charge is 0.342 e. The molecule has 0 bridgehead atoms. The number of carbonyl (C=O) groups excluding carboxylic acids is 1. The SMILES string of the molecule is CCN(CC)CCCN(CC)C(=O)C1CSCN1. The molecule has 18 heavy (non-hydrogen) atoms. The van der Waals surface area contributed by atoms with Crippen molar-refractivity contribution in [1.29, 1.82) is 0 Å². The summed E-state index contributed by atoms with van der Waals surface area (Å²) in [7, 11) is 0. The van der Waals surface area contributed by atoms with Crippen molar-refractivity contribution in [2.24, 2.45) is 0 Å². The van der Waals surface area contributed by atoms with E-state index in [4.69, 9.17) is 0 Å². The molecule has 1 aliphatic rings. The fourth-order valence-electron chi connectivity index (χ4n) is 2.22. The van der Waals surface area contributed by atoms with Gasteiger partial charge < -0.3 is 9.80 Å². The van der Waals surface area contributed by atoms with E-state index in [1.54, 1.807) is 0 Å². The van der Waals surface area contributed by atoms with Gasteiger partial charge in [-0.1, -0.05) is 13.8 Å². The first-order valence-corrected chi connectivity index (χ1v) is 8.20. The Hall–Kier alpha value is -0.260. The van der Waals surface area contributed by atoms with E-state index < -0.39 is 0 Å². The zero-order valence-electron chi connectivity index (χ0n) is 11.9. The van der Waals surface area contributed by atoms with Crippen LogP contribution in [0.15, 0.2) is 0 Å². The molecule has 1 N–H and O–H groups in total. The van der Waals surface area contributed by atoms with Crippen molar-refractivity contribution >= 4 is 17.7 Å². The van der Waals surface area contributed by atoms with Gasteiger partial charge in [-0.3, -0.25) is 10.1 Å².